The maximum Gasteiger partial charge on any atom is 0.227 e. The minimum Gasteiger partial charge on any atom is -0.388 e. The van der Waals surface area contributed by atoms with Gasteiger partial charge in [-0.25, -0.2) is 9.97 Å². The third-order valence-electron chi connectivity index (χ3n) is 4.00. The standard InChI is InChI=1S/C19H16ClN5/c1-21-12-5-4-6-13(9-12)24-19-23-11-16(20)18(25-19)15-10-22-17-8-3-2-7-14(15)17/h2-11,21-22H,1H3,(H,23,24,25). The van der Waals surface area contributed by atoms with Crippen LogP contribution in [0.25, 0.3) is 22.2 Å². The van der Waals surface area contributed by atoms with E-state index in [9.17, 15) is 0 Å². The Balaban J connectivity index is 1.73. The second-order valence-corrected chi connectivity index (χ2v) is 6.00. The predicted molar refractivity (Wildman–Crippen MR) is 104 cm³/mol. The van der Waals surface area contributed by atoms with Crippen molar-refractivity contribution < 1.29 is 0 Å². The molecule has 3 N–H and O–H groups in total. The molecule has 6 heteroatoms. The molecule has 5 nitrogen and oxygen atoms in total. The van der Waals surface area contributed by atoms with Gasteiger partial charge in [-0.05, 0) is 24.3 Å². The summed E-state index contributed by atoms with van der Waals surface area (Å²) in [6.45, 7) is 0. The van der Waals surface area contributed by atoms with Crippen molar-refractivity contribution in [2.24, 2.45) is 0 Å². The first-order valence-corrected chi connectivity index (χ1v) is 8.26. The quantitative estimate of drug-likeness (QED) is 0.481. The number of H-pyrrole nitrogens is 1. The molecule has 0 radical (unpaired) electrons. The number of hydrogen-bond donors (Lipinski definition) is 3. The highest BCUT2D eigenvalue weighted by atomic mass is 35.5. The molecule has 0 saturated carbocycles. The highest BCUT2D eigenvalue weighted by molar-refractivity contribution is 6.33. The first-order valence-electron chi connectivity index (χ1n) is 7.88. The Hall–Kier alpha value is -3.05. The summed E-state index contributed by atoms with van der Waals surface area (Å²) in [6, 6.07) is 16.0. The maximum absolute atomic E-state index is 6.36. The number of rotatable bonds is 4. The smallest absolute Gasteiger partial charge is 0.227 e. The molecule has 0 amide bonds. The first kappa shape index (κ1) is 15.5. The highest BCUT2D eigenvalue weighted by Gasteiger charge is 2.13. The summed E-state index contributed by atoms with van der Waals surface area (Å²) in [5.74, 6) is 0.498. The fourth-order valence-corrected chi connectivity index (χ4v) is 2.96. The van der Waals surface area contributed by atoms with Gasteiger partial charge < -0.3 is 15.6 Å². The van der Waals surface area contributed by atoms with Crippen LogP contribution in [0, 0.1) is 0 Å². The van der Waals surface area contributed by atoms with E-state index in [0.29, 0.717) is 16.7 Å². The summed E-state index contributed by atoms with van der Waals surface area (Å²) in [7, 11) is 1.88. The molecule has 0 spiro atoms. The van der Waals surface area contributed by atoms with Crippen molar-refractivity contribution in [3.63, 3.8) is 0 Å². The van der Waals surface area contributed by atoms with Crippen LogP contribution >= 0.6 is 11.6 Å². The van der Waals surface area contributed by atoms with Gasteiger partial charge in [-0.2, -0.15) is 0 Å². The molecule has 0 aliphatic heterocycles. The summed E-state index contributed by atoms with van der Waals surface area (Å²) >= 11 is 6.36. The summed E-state index contributed by atoms with van der Waals surface area (Å²) in [5, 5.41) is 7.92. The van der Waals surface area contributed by atoms with E-state index >= 15 is 0 Å². The van der Waals surface area contributed by atoms with Gasteiger partial charge in [0.25, 0.3) is 0 Å². The lowest BCUT2D eigenvalue weighted by molar-refractivity contribution is 1.17. The minimum atomic E-state index is 0.498. The van der Waals surface area contributed by atoms with E-state index in [0.717, 1.165) is 27.8 Å². The molecule has 4 aromatic rings. The van der Waals surface area contributed by atoms with E-state index in [1.165, 1.54) is 0 Å². The Labute approximate surface area is 150 Å². The lowest BCUT2D eigenvalue weighted by Gasteiger charge is -2.09. The van der Waals surface area contributed by atoms with Crippen LogP contribution in [0.2, 0.25) is 5.02 Å². The SMILES string of the molecule is CNc1cccc(Nc2ncc(Cl)c(-c3c[nH]c4ccccc34)n2)c1. The van der Waals surface area contributed by atoms with Crippen molar-refractivity contribution in [1.29, 1.82) is 0 Å². The fourth-order valence-electron chi connectivity index (χ4n) is 2.77. The zero-order chi connectivity index (χ0) is 17.2. The molecule has 0 fully saturated rings. The van der Waals surface area contributed by atoms with E-state index in [1.54, 1.807) is 6.20 Å². The van der Waals surface area contributed by atoms with Gasteiger partial charge in [-0.15, -0.1) is 0 Å². The number of aromatic amines is 1. The number of halogens is 1. The van der Waals surface area contributed by atoms with Gasteiger partial charge >= 0.3 is 0 Å². The van der Waals surface area contributed by atoms with Crippen molar-refractivity contribution in [2.75, 3.05) is 17.7 Å². The Kier molecular flexibility index (Phi) is 3.99. The molecular weight excluding hydrogens is 334 g/mol. The van der Waals surface area contributed by atoms with E-state index in [4.69, 9.17) is 11.6 Å². The van der Waals surface area contributed by atoms with Crippen LogP contribution in [0.1, 0.15) is 0 Å². The van der Waals surface area contributed by atoms with Crippen molar-refractivity contribution >= 4 is 39.8 Å². The van der Waals surface area contributed by atoms with Gasteiger partial charge in [0.2, 0.25) is 5.95 Å². The molecule has 0 atom stereocenters. The number of nitrogens with one attached hydrogen (secondary N) is 3. The van der Waals surface area contributed by atoms with Gasteiger partial charge in [0.15, 0.2) is 0 Å². The largest absolute Gasteiger partial charge is 0.388 e. The average molecular weight is 350 g/mol. The summed E-state index contributed by atoms with van der Waals surface area (Å²) in [5.41, 5.74) is 4.61. The van der Waals surface area contributed by atoms with Crippen molar-refractivity contribution in [1.82, 2.24) is 15.0 Å². The number of nitrogens with zero attached hydrogens (tertiary/aromatic N) is 2. The normalized spacial score (nSPS) is 10.8. The van der Waals surface area contributed by atoms with Crippen LogP contribution in [-0.4, -0.2) is 22.0 Å². The van der Waals surface area contributed by atoms with Crippen LogP contribution in [0.4, 0.5) is 17.3 Å². The minimum absolute atomic E-state index is 0.498. The van der Waals surface area contributed by atoms with E-state index in [1.807, 2.05) is 61.8 Å². The molecule has 0 aliphatic rings. The monoisotopic (exact) mass is 349 g/mol. The molecule has 4 rings (SSSR count). The Morgan fingerprint density at radius 1 is 1.04 bits per heavy atom. The molecule has 2 aromatic carbocycles. The van der Waals surface area contributed by atoms with Crippen molar-refractivity contribution in [3.05, 3.63) is 65.9 Å². The molecular formula is C19H16ClN5. The highest BCUT2D eigenvalue weighted by Crippen LogP contribution is 2.32. The topological polar surface area (TPSA) is 65.6 Å². The lowest BCUT2D eigenvalue weighted by Crippen LogP contribution is -1.99. The number of benzene rings is 2. The summed E-state index contributed by atoms with van der Waals surface area (Å²) < 4.78 is 0. The maximum atomic E-state index is 6.36. The second-order valence-electron chi connectivity index (χ2n) is 5.59. The molecule has 0 unspecified atom stereocenters. The van der Waals surface area contributed by atoms with E-state index in [2.05, 4.69) is 25.6 Å². The zero-order valence-electron chi connectivity index (χ0n) is 13.5. The fraction of sp³-hybridized carbons (Fsp3) is 0.0526. The number of hydrogen-bond acceptors (Lipinski definition) is 4. The Morgan fingerprint density at radius 3 is 2.76 bits per heavy atom. The zero-order valence-corrected chi connectivity index (χ0v) is 14.3. The number of aromatic nitrogens is 3. The van der Waals surface area contributed by atoms with Gasteiger partial charge in [0, 0.05) is 41.1 Å². The van der Waals surface area contributed by atoms with Crippen LogP contribution < -0.4 is 10.6 Å². The molecule has 25 heavy (non-hydrogen) atoms. The van der Waals surface area contributed by atoms with Gasteiger partial charge in [0.05, 0.1) is 16.9 Å². The van der Waals surface area contributed by atoms with E-state index < -0.39 is 0 Å². The van der Waals surface area contributed by atoms with Crippen molar-refractivity contribution in [3.8, 4) is 11.3 Å². The third kappa shape index (κ3) is 3.02. The van der Waals surface area contributed by atoms with Crippen LogP contribution in [-0.2, 0) is 0 Å². The van der Waals surface area contributed by atoms with Crippen LogP contribution in [0.3, 0.4) is 0 Å². The van der Waals surface area contributed by atoms with Crippen LogP contribution in [0.15, 0.2) is 60.9 Å². The van der Waals surface area contributed by atoms with Crippen molar-refractivity contribution in [2.45, 2.75) is 0 Å². The lowest BCUT2D eigenvalue weighted by atomic mass is 10.1. The molecule has 0 saturated heterocycles. The number of anilines is 3. The molecule has 2 aromatic heterocycles. The Bertz CT molecular complexity index is 1040. The summed E-state index contributed by atoms with van der Waals surface area (Å²) in [4.78, 5) is 12.2. The first-order chi connectivity index (χ1) is 12.2. The van der Waals surface area contributed by atoms with Gasteiger partial charge in [-0.3, -0.25) is 0 Å². The number of para-hydroxylation sites is 1. The molecule has 0 bridgehead atoms. The predicted octanol–water partition coefficient (Wildman–Crippen LogP) is 5.06. The average Bonchev–Trinajstić information content (AvgIpc) is 3.07. The molecule has 2 heterocycles. The summed E-state index contributed by atoms with van der Waals surface area (Å²) in [6.07, 6.45) is 3.54. The van der Waals surface area contributed by atoms with Crippen LogP contribution in [0.5, 0.6) is 0 Å². The molecule has 124 valence electrons. The third-order valence-corrected chi connectivity index (χ3v) is 4.27. The van der Waals surface area contributed by atoms with Gasteiger partial charge in [0.1, 0.15) is 0 Å². The Morgan fingerprint density at radius 2 is 1.88 bits per heavy atom. The molecule has 0 aliphatic carbocycles. The van der Waals surface area contributed by atoms with E-state index in [-0.39, 0.29) is 0 Å². The number of fused-ring (bicyclic) bond motifs is 1. The second kappa shape index (κ2) is 6.45. The van der Waals surface area contributed by atoms with Gasteiger partial charge in [-0.1, -0.05) is 35.9 Å².